The first kappa shape index (κ1) is 14.9. The zero-order chi connectivity index (χ0) is 16.7. The lowest BCUT2D eigenvalue weighted by atomic mass is 9.94. The van der Waals surface area contributed by atoms with Crippen molar-refractivity contribution in [1.29, 1.82) is 0 Å². The van der Waals surface area contributed by atoms with Gasteiger partial charge in [-0.2, -0.15) is 0 Å². The van der Waals surface area contributed by atoms with E-state index >= 15 is 0 Å². The SMILES string of the molecule is CC1(c2ccc(-c3ccc4ccccc4c3)[nH]c2=O)CNC(=S)N1. The van der Waals surface area contributed by atoms with Crippen molar-refractivity contribution in [3.8, 4) is 11.3 Å². The third-order valence-electron chi connectivity index (χ3n) is 4.56. The van der Waals surface area contributed by atoms with Crippen LogP contribution in [-0.4, -0.2) is 16.6 Å². The molecule has 1 aliphatic heterocycles. The number of aromatic nitrogens is 1. The van der Waals surface area contributed by atoms with Crippen molar-refractivity contribution in [1.82, 2.24) is 15.6 Å². The van der Waals surface area contributed by atoms with E-state index in [9.17, 15) is 4.79 Å². The van der Waals surface area contributed by atoms with Gasteiger partial charge in [-0.25, -0.2) is 0 Å². The minimum absolute atomic E-state index is 0.0952. The van der Waals surface area contributed by atoms with Gasteiger partial charge in [0.2, 0.25) is 0 Å². The molecule has 0 bridgehead atoms. The maximum absolute atomic E-state index is 12.6. The normalized spacial score (nSPS) is 20.0. The smallest absolute Gasteiger partial charge is 0.254 e. The van der Waals surface area contributed by atoms with Gasteiger partial charge in [-0.3, -0.25) is 4.79 Å². The van der Waals surface area contributed by atoms with Crippen LogP contribution in [0.3, 0.4) is 0 Å². The van der Waals surface area contributed by atoms with Gasteiger partial charge in [0.15, 0.2) is 5.11 Å². The summed E-state index contributed by atoms with van der Waals surface area (Å²) in [5.74, 6) is 0. The summed E-state index contributed by atoms with van der Waals surface area (Å²) in [5.41, 5.74) is 1.91. The number of nitrogens with one attached hydrogen (secondary N) is 3. The summed E-state index contributed by atoms with van der Waals surface area (Å²) in [4.78, 5) is 15.6. The summed E-state index contributed by atoms with van der Waals surface area (Å²) in [6.07, 6.45) is 0. The van der Waals surface area contributed by atoms with E-state index in [0.29, 0.717) is 17.2 Å². The average molecular weight is 335 g/mol. The van der Waals surface area contributed by atoms with Crippen molar-refractivity contribution in [2.45, 2.75) is 12.5 Å². The molecular formula is C19H17N3OS. The molecule has 4 rings (SSSR count). The van der Waals surface area contributed by atoms with Crippen LogP contribution in [0.25, 0.3) is 22.0 Å². The van der Waals surface area contributed by atoms with Crippen LogP contribution in [0.4, 0.5) is 0 Å². The lowest BCUT2D eigenvalue weighted by Gasteiger charge is -2.22. The molecule has 0 aliphatic carbocycles. The standard InChI is InChI=1S/C19H17N3OS/c1-19(11-20-18(24)22-19)15-8-9-16(21-17(15)23)14-7-6-12-4-2-3-5-13(12)10-14/h2-10H,11H2,1H3,(H,21,23)(H2,20,22,24). The quantitative estimate of drug-likeness (QED) is 0.630. The van der Waals surface area contributed by atoms with E-state index in [1.165, 1.54) is 5.39 Å². The van der Waals surface area contributed by atoms with Gasteiger partial charge in [-0.1, -0.05) is 36.4 Å². The van der Waals surface area contributed by atoms with E-state index in [2.05, 4.69) is 39.9 Å². The molecule has 2 heterocycles. The van der Waals surface area contributed by atoms with Gasteiger partial charge in [-0.05, 0) is 53.7 Å². The van der Waals surface area contributed by atoms with Gasteiger partial charge >= 0.3 is 0 Å². The van der Waals surface area contributed by atoms with Crippen LogP contribution in [-0.2, 0) is 5.54 Å². The van der Waals surface area contributed by atoms with E-state index < -0.39 is 5.54 Å². The molecule has 0 saturated carbocycles. The van der Waals surface area contributed by atoms with Gasteiger partial charge in [0.05, 0.1) is 5.54 Å². The van der Waals surface area contributed by atoms with E-state index in [0.717, 1.165) is 16.6 Å². The average Bonchev–Trinajstić information content (AvgIpc) is 2.94. The Balaban J connectivity index is 1.76. The molecule has 5 heteroatoms. The summed E-state index contributed by atoms with van der Waals surface area (Å²) in [5, 5.41) is 9.15. The number of hydrogen-bond donors (Lipinski definition) is 3. The fourth-order valence-corrected chi connectivity index (χ4v) is 3.49. The van der Waals surface area contributed by atoms with Crippen LogP contribution < -0.4 is 16.2 Å². The van der Waals surface area contributed by atoms with Crippen molar-refractivity contribution in [3.63, 3.8) is 0 Å². The van der Waals surface area contributed by atoms with E-state index in [1.807, 2.05) is 37.3 Å². The topological polar surface area (TPSA) is 56.9 Å². The number of fused-ring (bicyclic) bond motifs is 1. The second kappa shape index (κ2) is 5.46. The summed E-state index contributed by atoms with van der Waals surface area (Å²) >= 11 is 5.12. The van der Waals surface area contributed by atoms with Crippen molar-refractivity contribution >= 4 is 28.1 Å². The first-order chi connectivity index (χ1) is 11.5. The van der Waals surface area contributed by atoms with E-state index in [1.54, 1.807) is 0 Å². The zero-order valence-electron chi connectivity index (χ0n) is 13.2. The molecule has 1 aliphatic rings. The van der Waals surface area contributed by atoms with Crippen LogP contribution in [0.2, 0.25) is 0 Å². The first-order valence-electron chi connectivity index (χ1n) is 7.84. The van der Waals surface area contributed by atoms with Crippen LogP contribution in [0.5, 0.6) is 0 Å². The highest BCUT2D eigenvalue weighted by atomic mass is 32.1. The zero-order valence-corrected chi connectivity index (χ0v) is 14.0. The molecule has 4 nitrogen and oxygen atoms in total. The highest BCUT2D eigenvalue weighted by Gasteiger charge is 2.34. The fraction of sp³-hybridized carbons (Fsp3) is 0.158. The highest BCUT2D eigenvalue weighted by molar-refractivity contribution is 7.80. The Labute approximate surface area is 144 Å². The van der Waals surface area contributed by atoms with Crippen LogP contribution in [0.1, 0.15) is 12.5 Å². The minimum Gasteiger partial charge on any atom is -0.360 e. The van der Waals surface area contributed by atoms with Gasteiger partial charge in [0.1, 0.15) is 0 Å². The number of rotatable bonds is 2. The second-order valence-corrected chi connectivity index (χ2v) is 6.72. The summed E-state index contributed by atoms with van der Waals surface area (Å²) in [7, 11) is 0. The molecule has 1 unspecified atom stereocenters. The fourth-order valence-electron chi connectivity index (χ4n) is 3.19. The molecular weight excluding hydrogens is 318 g/mol. The molecule has 1 saturated heterocycles. The van der Waals surface area contributed by atoms with Gasteiger partial charge in [-0.15, -0.1) is 0 Å². The lowest BCUT2D eigenvalue weighted by Crippen LogP contribution is -2.41. The molecule has 1 aromatic heterocycles. The number of aromatic amines is 1. The molecule has 120 valence electrons. The third kappa shape index (κ3) is 2.47. The Kier molecular flexibility index (Phi) is 3.39. The summed E-state index contributed by atoms with van der Waals surface area (Å²) in [6, 6.07) is 18.2. The number of thiocarbonyl (C=S) groups is 1. The molecule has 0 radical (unpaired) electrons. The second-order valence-electron chi connectivity index (χ2n) is 6.32. The number of benzene rings is 2. The van der Waals surface area contributed by atoms with Crippen LogP contribution in [0.15, 0.2) is 59.4 Å². The van der Waals surface area contributed by atoms with Crippen molar-refractivity contribution in [2.75, 3.05) is 6.54 Å². The Morgan fingerprint density at radius 2 is 1.83 bits per heavy atom. The monoisotopic (exact) mass is 335 g/mol. The predicted octanol–water partition coefficient (Wildman–Crippen LogP) is 2.89. The number of pyridine rings is 1. The van der Waals surface area contributed by atoms with Gasteiger partial charge < -0.3 is 15.6 Å². The van der Waals surface area contributed by atoms with Crippen molar-refractivity contribution < 1.29 is 0 Å². The molecule has 0 amide bonds. The third-order valence-corrected chi connectivity index (χ3v) is 4.80. The van der Waals surface area contributed by atoms with Crippen molar-refractivity contribution in [2.24, 2.45) is 0 Å². The molecule has 3 aromatic rings. The molecule has 1 fully saturated rings. The minimum atomic E-state index is -0.480. The summed E-state index contributed by atoms with van der Waals surface area (Å²) < 4.78 is 0. The highest BCUT2D eigenvalue weighted by Crippen LogP contribution is 2.25. The van der Waals surface area contributed by atoms with E-state index in [-0.39, 0.29) is 5.56 Å². The Hall–Kier alpha value is -2.66. The Morgan fingerprint density at radius 1 is 1.04 bits per heavy atom. The maximum Gasteiger partial charge on any atom is 0.254 e. The van der Waals surface area contributed by atoms with Crippen LogP contribution in [0, 0.1) is 0 Å². The summed E-state index contributed by atoms with van der Waals surface area (Å²) in [6.45, 7) is 2.57. The molecule has 24 heavy (non-hydrogen) atoms. The molecule has 0 spiro atoms. The van der Waals surface area contributed by atoms with Gasteiger partial charge in [0.25, 0.3) is 5.56 Å². The van der Waals surface area contributed by atoms with Crippen LogP contribution >= 0.6 is 12.2 Å². The maximum atomic E-state index is 12.6. The number of hydrogen-bond acceptors (Lipinski definition) is 2. The first-order valence-corrected chi connectivity index (χ1v) is 8.25. The molecule has 2 aromatic carbocycles. The largest absolute Gasteiger partial charge is 0.360 e. The van der Waals surface area contributed by atoms with E-state index in [4.69, 9.17) is 12.2 Å². The molecule has 3 N–H and O–H groups in total. The Morgan fingerprint density at radius 3 is 2.54 bits per heavy atom. The molecule has 1 atom stereocenters. The Bertz CT molecular complexity index is 1010. The van der Waals surface area contributed by atoms with Crippen molar-refractivity contribution in [3.05, 3.63) is 70.5 Å². The predicted molar refractivity (Wildman–Crippen MR) is 101 cm³/mol. The number of H-pyrrole nitrogens is 1. The lowest BCUT2D eigenvalue weighted by molar-refractivity contribution is 0.476. The van der Waals surface area contributed by atoms with Gasteiger partial charge in [0, 0.05) is 17.8 Å².